The fourth-order valence-corrected chi connectivity index (χ4v) is 4.29. The minimum absolute atomic E-state index is 0.0252. The number of aromatic nitrogens is 3. The van der Waals surface area contributed by atoms with Gasteiger partial charge in [0, 0.05) is 50.0 Å². The number of ether oxygens (including phenoxy) is 1. The highest BCUT2D eigenvalue weighted by Crippen LogP contribution is 2.33. The molecule has 1 aliphatic heterocycles. The Morgan fingerprint density at radius 2 is 2.03 bits per heavy atom. The van der Waals surface area contributed by atoms with Gasteiger partial charge in [0.25, 0.3) is 0 Å². The van der Waals surface area contributed by atoms with Crippen LogP contribution in [0.15, 0.2) is 53.2 Å². The average molecular weight is 503 g/mol. The second kappa shape index (κ2) is 11.2. The quantitative estimate of drug-likeness (QED) is 0.356. The van der Waals surface area contributed by atoms with Crippen molar-refractivity contribution in [2.75, 3.05) is 38.0 Å². The van der Waals surface area contributed by atoms with Crippen LogP contribution in [-0.4, -0.2) is 63.8 Å². The number of nitriles is 1. The van der Waals surface area contributed by atoms with Gasteiger partial charge in [-0.25, -0.2) is 19.4 Å². The van der Waals surface area contributed by atoms with Crippen molar-refractivity contribution in [3.05, 3.63) is 65.3 Å². The number of piperazine rings is 1. The van der Waals surface area contributed by atoms with Crippen molar-refractivity contribution < 1.29 is 9.13 Å². The molecule has 37 heavy (non-hydrogen) atoms. The molecule has 0 saturated carbocycles. The van der Waals surface area contributed by atoms with Crippen molar-refractivity contribution in [3.63, 3.8) is 0 Å². The van der Waals surface area contributed by atoms with E-state index in [1.165, 1.54) is 12.4 Å². The lowest BCUT2D eigenvalue weighted by atomic mass is 10.2. The first kappa shape index (κ1) is 25.9. The number of benzene rings is 1. The van der Waals surface area contributed by atoms with Crippen LogP contribution in [0.2, 0.25) is 0 Å². The Kier molecular flexibility index (Phi) is 7.84. The first-order valence-electron chi connectivity index (χ1n) is 12.1. The van der Waals surface area contributed by atoms with Crippen LogP contribution in [0.5, 0.6) is 11.6 Å². The first-order chi connectivity index (χ1) is 17.9. The molecule has 0 atom stereocenters. The van der Waals surface area contributed by atoms with E-state index in [-0.39, 0.29) is 23.0 Å². The van der Waals surface area contributed by atoms with Crippen LogP contribution >= 0.6 is 0 Å². The van der Waals surface area contributed by atoms with E-state index in [4.69, 9.17) is 4.74 Å². The Hall–Kier alpha value is -4.23. The predicted molar refractivity (Wildman–Crippen MR) is 143 cm³/mol. The van der Waals surface area contributed by atoms with Gasteiger partial charge in [-0.05, 0) is 57.5 Å². The predicted octanol–water partition coefficient (Wildman–Crippen LogP) is 4.58. The standard InChI is InChI=1S/C27H31FN8O/c1-6-35-11-13-36(14-12-35)18(2)7-10-24(30-4)33-26-21(16-29)27(32-17-31-26)37-23-9-8-22-20(25(23)28)15-19(3)34(22)5/h7-10,15,17H,4,6,11-14H2,1-3,5H3,(H,31,32,33)/b18-7+,24-10+. The molecule has 1 N–H and O–H groups in total. The first-order valence-corrected chi connectivity index (χ1v) is 12.1. The van der Waals surface area contributed by atoms with E-state index in [0.29, 0.717) is 11.2 Å². The maximum absolute atomic E-state index is 15.2. The summed E-state index contributed by atoms with van der Waals surface area (Å²) in [7, 11) is 1.87. The third-order valence-corrected chi connectivity index (χ3v) is 6.71. The summed E-state index contributed by atoms with van der Waals surface area (Å²) in [4.78, 5) is 17.0. The maximum atomic E-state index is 15.2. The molecule has 192 valence electrons. The van der Waals surface area contributed by atoms with Crippen molar-refractivity contribution >= 4 is 23.4 Å². The average Bonchev–Trinajstić information content (AvgIpc) is 3.21. The van der Waals surface area contributed by atoms with Crippen molar-refractivity contribution in [2.45, 2.75) is 20.8 Å². The van der Waals surface area contributed by atoms with Crippen LogP contribution in [-0.2, 0) is 7.05 Å². The van der Waals surface area contributed by atoms with Crippen molar-refractivity contribution in [1.29, 1.82) is 5.26 Å². The monoisotopic (exact) mass is 502 g/mol. The summed E-state index contributed by atoms with van der Waals surface area (Å²) in [6.07, 6.45) is 4.98. The van der Waals surface area contributed by atoms with Gasteiger partial charge in [-0.3, -0.25) is 0 Å². The molecule has 10 heteroatoms. The van der Waals surface area contributed by atoms with Gasteiger partial charge in [-0.2, -0.15) is 5.26 Å². The summed E-state index contributed by atoms with van der Waals surface area (Å²) in [5.74, 6) is -0.0220. The zero-order valence-electron chi connectivity index (χ0n) is 21.6. The number of nitrogens with zero attached hydrogens (tertiary/aromatic N) is 7. The molecule has 0 bridgehead atoms. The summed E-state index contributed by atoms with van der Waals surface area (Å²) >= 11 is 0. The third kappa shape index (κ3) is 5.47. The van der Waals surface area contributed by atoms with Gasteiger partial charge in [0.15, 0.2) is 22.9 Å². The summed E-state index contributed by atoms with van der Waals surface area (Å²) in [5.41, 5.74) is 2.79. The Morgan fingerprint density at radius 1 is 1.27 bits per heavy atom. The zero-order valence-corrected chi connectivity index (χ0v) is 21.6. The number of anilines is 1. The van der Waals surface area contributed by atoms with E-state index in [1.54, 1.807) is 18.2 Å². The number of hydrogen-bond acceptors (Lipinski definition) is 8. The number of allylic oxidation sites excluding steroid dienone is 3. The van der Waals surface area contributed by atoms with Crippen molar-refractivity contribution in [3.8, 4) is 17.7 Å². The van der Waals surface area contributed by atoms with Gasteiger partial charge in [0.05, 0.1) is 5.52 Å². The minimum Gasteiger partial charge on any atom is -0.434 e. The van der Waals surface area contributed by atoms with Crippen LogP contribution in [0.25, 0.3) is 10.9 Å². The van der Waals surface area contributed by atoms with E-state index in [1.807, 2.05) is 24.6 Å². The molecule has 0 amide bonds. The lowest BCUT2D eigenvalue weighted by molar-refractivity contribution is 0.165. The van der Waals surface area contributed by atoms with Crippen LogP contribution < -0.4 is 10.1 Å². The molecule has 1 aromatic carbocycles. The highest BCUT2D eigenvalue weighted by Gasteiger charge is 2.19. The van der Waals surface area contributed by atoms with Crippen LogP contribution in [0, 0.1) is 24.1 Å². The number of aliphatic imine (C=N–C) groups is 1. The van der Waals surface area contributed by atoms with Crippen molar-refractivity contribution in [2.24, 2.45) is 12.0 Å². The summed E-state index contributed by atoms with van der Waals surface area (Å²) in [5, 5.41) is 13.3. The minimum atomic E-state index is -0.521. The lowest BCUT2D eigenvalue weighted by Gasteiger charge is -2.35. The van der Waals surface area contributed by atoms with E-state index in [0.717, 1.165) is 49.6 Å². The normalized spacial score (nSPS) is 15.1. The third-order valence-electron chi connectivity index (χ3n) is 6.71. The molecule has 0 aliphatic carbocycles. The van der Waals surface area contributed by atoms with Gasteiger partial charge in [-0.1, -0.05) is 6.92 Å². The lowest BCUT2D eigenvalue weighted by Crippen LogP contribution is -2.45. The Labute approximate surface area is 216 Å². The van der Waals surface area contributed by atoms with E-state index < -0.39 is 5.82 Å². The van der Waals surface area contributed by atoms with E-state index in [9.17, 15) is 5.26 Å². The van der Waals surface area contributed by atoms with E-state index in [2.05, 4.69) is 56.7 Å². The number of rotatable bonds is 8. The number of hydrogen-bond donors (Lipinski definition) is 1. The van der Waals surface area contributed by atoms with Gasteiger partial charge in [0.1, 0.15) is 18.2 Å². The van der Waals surface area contributed by atoms with Gasteiger partial charge in [-0.15, -0.1) is 0 Å². The number of likely N-dealkylation sites (N-methyl/N-ethyl adjacent to an activating group) is 1. The molecule has 2 aromatic heterocycles. The largest absolute Gasteiger partial charge is 0.434 e. The summed E-state index contributed by atoms with van der Waals surface area (Å²) in [6.45, 7) is 14.8. The molecule has 4 rings (SSSR count). The molecule has 9 nitrogen and oxygen atoms in total. The molecule has 1 aliphatic rings. The molecule has 3 heterocycles. The molecular weight excluding hydrogens is 471 g/mol. The van der Waals surface area contributed by atoms with E-state index >= 15 is 4.39 Å². The fourth-order valence-electron chi connectivity index (χ4n) is 4.29. The highest BCUT2D eigenvalue weighted by molar-refractivity contribution is 5.83. The molecule has 0 spiro atoms. The zero-order chi connectivity index (χ0) is 26.5. The smallest absolute Gasteiger partial charge is 0.242 e. The summed E-state index contributed by atoms with van der Waals surface area (Å²) < 4.78 is 22.8. The SMILES string of the molecule is C=N/C(=C\C=C(/C)N1CCN(CC)CC1)Nc1ncnc(Oc2ccc3c(cc(C)n3C)c2F)c1C#N. The second-order valence-electron chi connectivity index (χ2n) is 8.84. The van der Waals surface area contributed by atoms with Gasteiger partial charge < -0.3 is 24.4 Å². The number of aryl methyl sites for hydroxylation is 2. The topological polar surface area (TPSA) is 94.6 Å². The number of nitrogens with one attached hydrogen (secondary N) is 1. The molecular formula is C27H31FN8O. The highest BCUT2D eigenvalue weighted by atomic mass is 19.1. The van der Waals surface area contributed by atoms with Crippen LogP contribution in [0.3, 0.4) is 0 Å². The Morgan fingerprint density at radius 3 is 2.70 bits per heavy atom. The molecule has 1 fully saturated rings. The molecule has 1 saturated heterocycles. The fraction of sp³-hybridized carbons (Fsp3) is 0.333. The maximum Gasteiger partial charge on any atom is 0.242 e. The summed E-state index contributed by atoms with van der Waals surface area (Å²) in [6, 6.07) is 7.10. The number of halogens is 1. The molecule has 0 radical (unpaired) electrons. The number of fused-ring (bicyclic) bond motifs is 1. The van der Waals surface area contributed by atoms with Crippen LogP contribution in [0.4, 0.5) is 10.2 Å². The Bertz CT molecular complexity index is 1410. The second-order valence-corrected chi connectivity index (χ2v) is 8.84. The van der Waals surface area contributed by atoms with Crippen molar-refractivity contribution in [1.82, 2.24) is 24.3 Å². The van der Waals surface area contributed by atoms with Crippen LogP contribution in [0.1, 0.15) is 25.1 Å². The molecule has 0 unspecified atom stereocenters. The molecule has 3 aromatic rings. The Balaban J connectivity index is 1.55. The van der Waals surface area contributed by atoms with Gasteiger partial charge >= 0.3 is 0 Å². The van der Waals surface area contributed by atoms with Gasteiger partial charge in [0.2, 0.25) is 5.88 Å².